The van der Waals surface area contributed by atoms with E-state index in [9.17, 15) is 14.0 Å². The fourth-order valence-electron chi connectivity index (χ4n) is 2.72. The van der Waals surface area contributed by atoms with Gasteiger partial charge in [-0.15, -0.1) is 0 Å². The highest BCUT2D eigenvalue weighted by Gasteiger charge is 2.11. The van der Waals surface area contributed by atoms with Crippen molar-refractivity contribution in [1.29, 1.82) is 0 Å². The molecule has 2 aromatic heterocycles. The van der Waals surface area contributed by atoms with Crippen molar-refractivity contribution >= 4 is 45.0 Å². The number of anilines is 2. The van der Waals surface area contributed by atoms with Gasteiger partial charge in [0, 0.05) is 18.1 Å². The van der Waals surface area contributed by atoms with Gasteiger partial charge in [0.1, 0.15) is 18.0 Å². The first-order valence-corrected chi connectivity index (χ1v) is 7.91. The normalized spacial score (nSPS) is 11.2. The average molecular weight is 372 g/mol. The second kappa shape index (κ2) is 5.92. The minimum atomic E-state index is -0.712. The number of aromatic nitrogens is 4. The van der Waals surface area contributed by atoms with E-state index in [-0.39, 0.29) is 5.02 Å². The fourth-order valence-corrected chi connectivity index (χ4v) is 2.90. The van der Waals surface area contributed by atoms with Gasteiger partial charge in [-0.2, -0.15) is 0 Å². The smallest absolute Gasteiger partial charge is 0.316 e. The third-order valence-corrected chi connectivity index (χ3v) is 4.33. The maximum Gasteiger partial charge on any atom is 0.316 e. The summed E-state index contributed by atoms with van der Waals surface area (Å²) < 4.78 is 14.6. The maximum absolute atomic E-state index is 13.3. The van der Waals surface area contributed by atoms with Gasteiger partial charge in [-0.3, -0.25) is 9.59 Å². The lowest BCUT2D eigenvalue weighted by molar-refractivity contribution is 0.628. The largest absolute Gasteiger partial charge is 0.340 e. The maximum atomic E-state index is 13.3. The van der Waals surface area contributed by atoms with Gasteiger partial charge >= 0.3 is 11.1 Å². The summed E-state index contributed by atoms with van der Waals surface area (Å²) in [5.41, 5.74) is 0.771. The summed E-state index contributed by atoms with van der Waals surface area (Å²) in [5.74, 6) is -0.0662. The summed E-state index contributed by atoms with van der Waals surface area (Å²) in [6.45, 7) is 0. The molecule has 0 atom stereocenters. The van der Waals surface area contributed by atoms with E-state index in [4.69, 9.17) is 11.6 Å². The van der Waals surface area contributed by atoms with Crippen LogP contribution in [0.1, 0.15) is 0 Å². The third kappa shape index (κ3) is 2.60. The number of benzene rings is 2. The monoisotopic (exact) mass is 371 g/mol. The van der Waals surface area contributed by atoms with E-state index in [1.165, 1.54) is 36.1 Å². The van der Waals surface area contributed by atoms with Crippen molar-refractivity contribution in [3.05, 3.63) is 68.2 Å². The van der Waals surface area contributed by atoms with Gasteiger partial charge in [0.25, 0.3) is 0 Å². The molecule has 0 bridgehead atoms. The lowest BCUT2D eigenvalue weighted by Crippen LogP contribution is -2.34. The molecule has 2 N–H and O–H groups in total. The van der Waals surface area contributed by atoms with Gasteiger partial charge in [0.2, 0.25) is 0 Å². The van der Waals surface area contributed by atoms with Crippen LogP contribution in [0.4, 0.5) is 15.9 Å². The molecule has 4 rings (SSSR count). The molecule has 0 aliphatic rings. The topological polar surface area (TPSA) is 92.7 Å². The summed E-state index contributed by atoms with van der Waals surface area (Å²) >= 11 is 5.81. The Morgan fingerprint density at radius 3 is 2.77 bits per heavy atom. The summed E-state index contributed by atoms with van der Waals surface area (Å²) in [4.78, 5) is 34.5. The number of nitrogens with zero attached hydrogens (tertiary/aromatic N) is 3. The Kier molecular flexibility index (Phi) is 3.69. The van der Waals surface area contributed by atoms with Crippen LogP contribution in [-0.2, 0) is 7.05 Å². The average Bonchev–Trinajstić information content (AvgIpc) is 2.62. The van der Waals surface area contributed by atoms with Crippen LogP contribution in [0.25, 0.3) is 21.9 Å². The number of hydrogen-bond acceptors (Lipinski definition) is 5. The zero-order chi connectivity index (χ0) is 18.4. The molecule has 130 valence electrons. The van der Waals surface area contributed by atoms with Crippen molar-refractivity contribution in [3.63, 3.8) is 0 Å². The number of aryl methyl sites for hydroxylation is 1. The minimum absolute atomic E-state index is 0.0156. The Morgan fingerprint density at radius 2 is 2.00 bits per heavy atom. The molecule has 0 radical (unpaired) electrons. The van der Waals surface area contributed by atoms with Gasteiger partial charge in [-0.05, 0) is 30.3 Å². The predicted molar refractivity (Wildman–Crippen MR) is 97.6 cm³/mol. The van der Waals surface area contributed by atoms with Crippen LogP contribution >= 0.6 is 11.6 Å². The van der Waals surface area contributed by atoms with Gasteiger partial charge in [0.05, 0.1) is 21.6 Å². The lowest BCUT2D eigenvalue weighted by Gasteiger charge is -2.11. The summed E-state index contributed by atoms with van der Waals surface area (Å²) in [7, 11) is 1.52. The molecule has 4 aromatic rings. The van der Waals surface area contributed by atoms with Crippen molar-refractivity contribution in [3.8, 4) is 0 Å². The van der Waals surface area contributed by atoms with E-state index in [1.54, 1.807) is 12.1 Å². The van der Waals surface area contributed by atoms with Crippen molar-refractivity contribution in [2.75, 3.05) is 5.32 Å². The first-order valence-electron chi connectivity index (χ1n) is 7.54. The lowest BCUT2D eigenvalue weighted by atomic mass is 10.2. The molecule has 7 nitrogen and oxygen atoms in total. The van der Waals surface area contributed by atoms with Crippen LogP contribution in [0.5, 0.6) is 0 Å². The van der Waals surface area contributed by atoms with E-state index in [0.29, 0.717) is 33.4 Å². The summed E-state index contributed by atoms with van der Waals surface area (Å²) in [6.07, 6.45) is 1.37. The Balaban J connectivity index is 1.93. The minimum Gasteiger partial charge on any atom is -0.340 e. The van der Waals surface area contributed by atoms with Crippen molar-refractivity contribution in [2.45, 2.75) is 0 Å². The summed E-state index contributed by atoms with van der Waals surface area (Å²) in [5, 5.41) is 3.66. The molecule has 26 heavy (non-hydrogen) atoms. The van der Waals surface area contributed by atoms with E-state index >= 15 is 0 Å². The standard InChI is InChI=1S/C17H11ClFN5O2/c1-24-14-6-12-9(5-13(14)23-16(25)17(24)26)15(21-7-20-12)22-8-2-3-11(19)10(18)4-8/h2-7H,1H3,(H,23,25)(H,20,21,22). The second-order valence-corrected chi connectivity index (χ2v) is 6.09. The molecule has 9 heteroatoms. The number of hydrogen-bond donors (Lipinski definition) is 2. The number of aromatic amines is 1. The third-order valence-electron chi connectivity index (χ3n) is 4.04. The van der Waals surface area contributed by atoms with Crippen molar-refractivity contribution in [1.82, 2.24) is 19.5 Å². The number of halogens is 2. The van der Waals surface area contributed by atoms with Crippen LogP contribution in [0, 0.1) is 5.82 Å². The molecule has 0 spiro atoms. The van der Waals surface area contributed by atoms with Crippen LogP contribution in [0.15, 0.2) is 46.2 Å². The Hall–Kier alpha value is -3.26. The van der Waals surface area contributed by atoms with E-state index < -0.39 is 16.9 Å². The molecular weight excluding hydrogens is 361 g/mol. The van der Waals surface area contributed by atoms with E-state index in [2.05, 4.69) is 20.3 Å². The highest BCUT2D eigenvalue weighted by atomic mass is 35.5. The highest BCUT2D eigenvalue weighted by Crippen LogP contribution is 2.27. The predicted octanol–water partition coefficient (Wildman–Crippen LogP) is 2.71. The van der Waals surface area contributed by atoms with Crippen molar-refractivity contribution < 1.29 is 4.39 Å². The fraction of sp³-hybridized carbons (Fsp3) is 0.0588. The Labute approximate surface area is 150 Å². The number of fused-ring (bicyclic) bond motifs is 2. The summed E-state index contributed by atoms with van der Waals surface area (Å²) in [6, 6.07) is 7.58. The molecule has 0 fully saturated rings. The quantitative estimate of drug-likeness (QED) is 0.417. The van der Waals surface area contributed by atoms with Gasteiger partial charge in [-0.1, -0.05) is 11.6 Å². The van der Waals surface area contributed by atoms with Crippen molar-refractivity contribution in [2.24, 2.45) is 7.05 Å². The Bertz CT molecular complexity index is 1300. The van der Waals surface area contributed by atoms with Crippen LogP contribution in [0.3, 0.4) is 0 Å². The first kappa shape index (κ1) is 16.2. The molecule has 0 saturated carbocycles. The molecule has 0 saturated heterocycles. The number of rotatable bonds is 2. The van der Waals surface area contributed by atoms with E-state index in [1.807, 2.05) is 0 Å². The molecule has 0 amide bonds. The Morgan fingerprint density at radius 1 is 1.19 bits per heavy atom. The first-order chi connectivity index (χ1) is 12.4. The SMILES string of the molecule is Cn1c(=O)c(=O)[nH]c2cc3c(Nc4ccc(F)c(Cl)c4)ncnc3cc21. The molecule has 0 aliphatic carbocycles. The molecular formula is C17H11ClFN5O2. The molecule has 0 unspecified atom stereocenters. The van der Waals surface area contributed by atoms with Gasteiger partial charge in [0.15, 0.2) is 0 Å². The zero-order valence-electron chi connectivity index (χ0n) is 13.4. The zero-order valence-corrected chi connectivity index (χ0v) is 14.1. The highest BCUT2D eigenvalue weighted by molar-refractivity contribution is 6.31. The van der Waals surface area contributed by atoms with Crippen LogP contribution in [0.2, 0.25) is 5.02 Å². The number of nitrogens with one attached hydrogen (secondary N) is 2. The van der Waals surface area contributed by atoms with Gasteiger partial charge < -0.3 is 14.9 Å². The molecule has 0 aliphatic heterocycles. The van der Waals surface area contributed by atoms with Crippen LogP contribution < -0.4 is 16.4 Å². The van der Waals surface area contributed by atoms with E-state index in [0.717, 1.165) is 0 Å². The van der Waals surface area contributed by atoms with Crippen LogP contribution in [-0.4, -0.2) is 19.5 Å². The number of H-pyrrole nitrogens is 1. The van der Waals surface area contributed by atoms with Gasteiger partial charge in [-0.25, -0.2) is 14.4 Å². The second-order valence-electron chi connectivity index (χ2n) is 5.68. The molecule has 2 aromatic carbocycles. The molecule has 2 heterocycles.